The molecule has 25 heavy (non-hydrogen) atoms. The predicted molar refractivity (Wildman–Crippen MR) is 93.7 cm³/mol. The Morgan fingerprint density at radius 1 is 0.840 bits per heavy atom. The summed E-state index contributed by atoms with van der Waals surface area (Å²) in [5, 5.41) is 11.2. The number of nitro benzene ring substituents is 1. The number of Topliss-reactive ketones (excluding diaryl/α,β-unsaturated/α-hetero) is 1. The number of benzene rings is 3. The number of nitro groups is 1. The summed E-state index contributed by atoms with van der Waals surface area (Å²) in [5.74, 6) is -0.199. The van der Waals surface area contributed by atoms with Gasteiger partial charge < -0.3 is 4.74 Å². The summed E-state index contributed by atoms with van der Waals surface area (Å²) in [7, 11) is 0. The number of carbonyl (C=O) groups excluding carboxylic acids is 1. The van der Waals surface area contributed by atoms with E-state index in [1.54, 1.807) is 60.7 Å². The smallest absolute Gasteiger partial charge is 0.310 e. The van der Waals surface area contributed by atoms with Crippen LogP contribution in [-0.2, 0) is 0 Å². The third-order valence-electron chi connectivity index (χ3n) is 3.71. The first kappa shape index (κ1) is 16.4. The van der Waals surface area contributed by atoms with Crippen molar-refractivity contribution in [2.24, 2.45) is 0 Å². The van der Waals surface area contributed by atoms with Crippen LogP contribution in [-0.4, -0.2) is 10.7 Å². The molecular formula is C20H15NO4. The quantitative estimate of drug-likeness (QED) is 0.375. The average Bonchev–Trinajstić information content (AvgIpc) is 2.67. The molecule has 0 aliphatic carbocycles. The molecule has 3 aromatic rings. The minimum atomic E-state index is -0.968. The van der Waals surface area contributed by atoms with Crippen LogP contribution in [0.1, 0.15) is 22.0 Å². The third kappa shape index (κ3) is 3.72. The van der Waals surface area contributed by atoms with Gasteiger partial charge in [0.1, 0.15) is 0 Å². The molecule has 0 heterocycles. The molecular weight excluding hydrogens is 318 g/mol. The summed E-state index contributed by atoms with van der Waals surface area (Å²) in [6.07, 6.45) is -0.968. The highest BCUT2D eigenvalue weighted by Crippen LogP contribution is 2.32. The minimum absolute atomic E-state index is 0.0608. The van der Waals surface area contributed by atoms with Crippen LogP contribution in [0.2, 0.25) is 0 Å². The highest BCUT2D eigenvalue weighted by molar-refractivity contribution is 6.00. The Morgan fingerprint density at radius 2 is 1.40 bits per heavy atom. The maximum absolute atomic E-state index is 12.9. The molecule has 1 atom stereocenters. The molecule has 0 unspecified atom stereocenters. The van der Waals surface area contributed by atoms with Gasteiger partial charge in [-0.15, -0.1) is 0 Å². The molecule has 124 valence electrons. The van der Waals surface area contributed by atoms with E-state index in [1.807, 2.05) is 12.1 Å². The molecule has 0 saturated heterocycles. The molecule has 0 fully saturated rings. The zero-order valence-electron chi connectivity index (χ0n) is 13.2. The number of rotatable bonds is 6. The summed E-state index contributed by atoms with van der Waals surface area (Å²) in [5.41, 5.74) is 0.939. The average molecular weight is 333 g/mol. The lowest BCUT2D eigenvalue weighted by Gasteiger charge is -2.18. The third-order valence-corrected chi connectivity index (χ3v) is 3.71. The molecule has 0 spiro atoms. The van der Waals surface area contributed by atoms with Gasteiger partial charge in [0.25, 0.3) is 0 Å². The number of carbonyl (C=O) groups is 1. The molecule has 3 aromatic carbocycles. The van der Waals surface area contributed by atoms with Gasteiger partial charge >= 0.3 is 5.69 Å². The van der Waals surface area contributed by atoms with Crippen molar-refractivity contribution < 1.29 is 14.5 Å². The maximum atomic E-state index is 12.9. The number of hydrogen-bond donors (Lipinski definition) is 0. The van der Waals surface area contributed by atoms with Crippen molar-refractivity contribution in [2.45, 2.75) is 6.10 Å². The Hall–Kier alpha value is -3.47. The Balaban J connectivity index is 2.01. The van der Waals surface area contributed by atoms with E-state index in [0.29, 0.717) is 11.1 Å². The molecule has 0 radical (unpaired) electrons. The number of para-hydroxylation sites is 2. The predicted octanol–water partition coefficient (Wildman–Crippen LogP) is 4.60. The Kier molecular flexibility index (Phi) is 4.85. The lowest BCUT2D eigenvalue weighted by Crippen LogP contribution is -2.19. The highest BCUT2D eigenvalue weighted by atomic mass is 16.6. The van der Waals surface area contributed by atoms with Gasteiger partial charge in [-0.3, -0.25) is 14.9 Å². The van der Waals surface area contributed by atoms with E-state index in [9.17, 15) is 14.9 Å². The van der Waals surface area contributed by atoms with Crippen molar-refractivity contribution in [1.82, 2.24) is 0 Å². The summed E-state index contributed by atoms with van der Waals surface area (Å²) < 4.78 is 5.82. The number of ketones is 1. The zero-order chi connectivity index (χ0) is 17.6. The number of hydrogen-bond acceptors (Lipinski definition) is 4. The lowest BCUT2D eigenvalue weighted by molar-refractivity contribution is -0.386. The molecule has 0 amide bonds. The van der Waals surface area contributed by atoms with Crippen LogP contribution in [0, 0.1) is 10.1 Å². The summed E-state index contributed by atoms with van der Waals surface area (Å²) >= 11 is 0. The van der Waals surface area contributed by atoms with E-state index in [1.165, 1.54) is 12.1 Å². The number of ether oxygens (including phenoxy) is 1. The summed E-state index contributed by atoms with van der Waals surface area (Å²) in [4.78, 5) is 23.6. The first-order valence-electron chi connectivity index (χ1n) is 7.71. The fraction of sp³-hybridized carbons (Fsp3) is 0.0500. The molecule has 0 aliphatic heterocycles. The topological polar surface area (TPSA) is 69.4 Å². The van der Waals surface area contributed by atoms with Crippen molar-refractivity contribution in [3.8, 4) is 5.75 Å². The molecule has 0 saturated carbocycles. The minimum Gasteiger partial charge on any atom is -0.470 e. The Bertz CT molecular complexity index is 878. The van der Waals surface area contributed by atoms with E-state index in [4.69, 9.17) is 4.74 Å². The van der Waals surface area contributed by atoms with Gasteiger partial charge in [0.05, 0.1) is 4.92 Å². The van der Waals surface area contributed by atoms with Crippen molar-refractivity contribution in [3.05, 3.63) is 106 Å². The zero-order valence-corrected chi connectivity index (χ0v) is 13.2. The normalized spacial score (nSPS) is 11.5. The van der Waals surface area contributed by atoms with Gasteiger partial charge in [0.2, 0.25) is 5.78 Å². The largest absolute Gasteiger partial charge is 0.470 e. The fourth-order valence-electron chi connectivity index (χ4n) is 2.49. The maximum Gasteiger partial charge on any atom is 0.310 e. The first-order valence-corrected chi connectivity index (χ1v) is 7.71. The Morgan fingerprint density at radius 3 is 2.04 bits per heavy atom. The van der Waals surface area contributed by atoms with Crippen molar-refractivity contribution in [1.29, 1.82) is 0 Å². The van der Waals surface area contributed by atoms with Crippen LogP contribution in [0.15, 0.2) is 84.9 Å². The van der Waals surface area contributed by atoms with Crippen LogP contribution < -0.4 is 4.74 Å². The molecule has 5 nitrogen and oxygen atoms in total. The second-order valence-electron chi connectivity index (χ2n) is 5.36. The molecule has 5 heteroatoms. The van der Waals surface area contributed by atoms with Crippen LogP contribution in [0.3, 0.4) is 0 Å². The second-order valence-corrected chi connectivity index (χ2v) is 5.36. The van der Waals surface area contributed by atoms with E-state index in [2.05, 4.69) is 0 Å². The van der Waals surface area contributed by atoms with Crippen LogP contribution in [0.25, 0.3) is 0 Å². The molecule has 0 aliphatic rings. The highest BCUT2D eigenvalue weighted by Gasteiger charge is 2.26. The van der Waals surface area contributed by atoms with Gasteiger partial charge in [-0.25, -0.2) is 0 Å². The van der Waals surface area contributed by atoms with Gasteiger partial charge in [-0.1, -0.05) is 72.8 Å². The SMILES string of the molecule is O=C(c1ccccc1)[C@@H](Oc1ccccc1[N+](=O)[O-])c1ccccc1. The van der Waals surface area contributed by atoms with Crippen molar-refractivity contribution in [3.63, 3.8) is 0 Å². The van der Waals surface area contributed by atoms with Crippen LogP contribution in [0.5, 0.6) is 5.75 Å². The van der Waals surface area contributed by atoms with Gasteiger partial charge in [-0.05, 0) is 6.07 Å². The van der Waals surface area contributed by atoms with E-state index in [-0.39, 0.29) is 17.2 Å². The standard InChI is InChI=1S/C20H15NO4/c22-19(15-9-3-1-4-10-15)20(16-11-5-2-6-12-16)25-18-14-8-7-13-17(18)21(23)24/h1-14,20H/t20-/m0/s1. The van der Waals surface area contributed by atoms with Crippen molar-refractivity contribution in [2.75, 3.05) is 0 Å². The van der Waals surface area contributed by atoms with Crippen LogP contribution in [0.4, 0.5) is 5.69 Å². The monoisotopic (exact) mass is 333 g/mol. The van der Waals surface area contributed by atoms with E-state index >= 15 is 0 Å². The van der Waals surface area contributed by atoms with E-state index in [0.717, 1.165) is 0 Å². The van der Waals surface area contributed by atoms with Gasteiger partial charge in [0.15, 0.2) is 11.9 Å². The summed E-state index contributed by atoms with van der Waals surface area (Å²) in [6.45, 7) is 0. The number of nitrogens with zero attached hydrogens (tertiary/aromatic N) is 1. The molecule has 0 N–H and O–H groups in total. The van der Waals surface area contributed by atoms with Crippen LogP contribution >= 0.6 is 0 Å². The van der Waals surface area contributed by atoms with E-state index < -0.39 is 11.0 Å². The summed E-state index contributed by atoms with van der Waals surface area (Å²) in [6, 6.07) is 23.7. The molecule has 0 bridgehead atoms. The second kappa shape index (κ2) is 7.40. The fourth-order valence-corrected chi connectivity index (χ4v) is 2.49. The molecule has 0 aromatic heterocycles. The molecule has 3 rings (SSSR count). The lowest BCUT2D eigenvalue weighted by atomic mass is 10.00. The first-order chi connectivity index (χ1) is 12.2. The van der Waals surface area contributed by atoms with Crippen molar-refractivity contribution >= 4 is 11.5 Å². The Labute approximate surface area is 144 Å². The van der Waals surface area contributed by atoms with Gasteiger partial charge in [0, 0.05) is 17.2 Å². The van der Waals surface area contributed by atoms with Gasteiger partial charge in [-0.2, -0.15) is 0 Å².